The fourth-order valence-electron chi connectivity index (χ4n) is 2.33. The van der Waals surface area contributed by atoms with Gasteiger partial charge < -0.3 is 15.4 Å². The summed E-state index contributed by atoms with van der Waals surface area (Å²) in [4.78, 5) is 17.1. The quantitative estimate of drug-likeness (QED) is 0.824. The first-order valence-corrected chi connectivity index (χ1v) is 6.59. The number of benzene rings is 1. The van der Waals surface area contributed by atoms with E-state index in [1.165, 1.54) is 0 Å². The number of carboxylic acid groups (broad SMARTS) is 1. The number of nitrogens with two attached hydrogens (primary N) is 1. The van der Waals surface area contributed by atoms with Gasteiger partial charge in [0.1, 0.15) is 5.82 Å². The maximum Gasteiger partial charge on any atom is 0.317 e. The number of fused-ring (bicyclic) bond motifs is 1. The number of hydrogen-bond acceptors (Lipinski definition) is 4. The highest BCUT2D eigenvalue weighted by atomic mass is 16.4. The van der Waals surface area contributed by atoms with Gasteiger partial charge >= 0.3 is 5.97 Å². The molecule has 0 spiro atoms. The smallest absolute Gasteiger partial charge is 0.317 e. The van der Waals surface area contributed by atoms with Crippen molar-refractivity contribution in [2.45, 2.75) is 19.5 Å². The molecule has 0 aliphatic heterocycles. The van der Waals surface area contributed by atoms with Crippen LogP contribution in [-0.2, 0) is 11.3 Å². The standard InChI is InChI=1S/C14H20N4O2/c1-10(7-15)18-12-6-4-3-5-11(12)16-13(18)8-17(2)9-14(19)20/h3-6,10H,7-9,15H2,1-2H3,(H,19,20). The molecule has 2 aromatic rings. The van der Waals surface area contributed by atoms with E-state index in [2.05, 4.69) is 9.55 Å². The zero-order valence-electron chi connectivity index (χ0n) is 11.8. The summed E-state index contributed by atoms with van der Waals surface area (Å²) in [6, 6.07) is 7.99. The van der Waals surface area contributed by atoms with Crippen molar-refractivity contribution < 1.29 is 9.90 Å². The molecule has 1 unspecified atom stereocenters. The van der Waals surface area contributed by atoms with E-state index >= 15 is 0 Å². The SMILES string of the molecule is CC(CN)n1c(CN(C)CC(=O)O)nc2ccccc21. The van der Waals surface area contributed by atoms with Gasteiger partial charge in [-0.25, -0.2) is 4.98 Å². The number of carbonyl (C=O) groups is 1. The van der Waals surface area contributed by atoms with Crippen LogP contribution < -0.4 is 5.73 Å². The zero-order valence-corrected chi connectivity index (χ0v) is 11.8. The van der Waals surface area contributed by atoms with Gasteiger partial charge in [-0.3, -0.25) is 9.69 Å². The zero-order chi connectivity index (χ0) is 14.7. The Morgan fingerprint density at radius 3 is 2.85 bits per heavy atom. The van der Waals surface area contributed by atoms with Crippen LogP contribution in [0.5, 0.6) is 0 Å². The molecule has 1 atom stereocenters. The highest BCUT2D eigenvalue weighted by Crippen LogP contribution is 2.21. The summed E-state index contributed by atoms with van der Waals surface area (Å²) in [7, 11) is 1.77. The Morgan fingerprint density at radius 2 is 2.20 bits per heavy atom. The number of likely N-dealkylation sites (N-methyl/N-ethyl adjacent to an activating group) is 1. The van der Waals surface area contributed by atoms with Crippen LogP contribution in [0.15, 0.2) is 24.3 Å². The number of imidazole rings is 1. The molecule has 6 nitrogen and oxygen atoms in total. The van der Waals surface area contributed by atoms with Gasteiger partial charge in [-0.1, -0.05) is 12.1 Å². The second-order valence-corrected chi connectivity index (χ2v) is 5.04. The van der Waals surface area contributed by atoms with Crippen molar-refractivity contribution in [3.05, 3.63) is 30.1 Å². The van der Waals surface area contributed by atoms with Crippen molar-refractivity contribution in [1.29, 1.82) is 0 Å². The molecule has 20 heavy (non-hydrogen) atoms. The topological polar surface area (TPSA) is 84.4 Å². The van der Waals surface area contributed by atoms with E-state index in [1.807, 2.05) is 31.2 Å². The Morgan fingerprint density at radius 1 is 1.50 bits per heavy atom. The molecule has 0 aliphatic carbocycles. The lowest BCUT2D eigenvalue weighted by Crippen LogP contribution is -2.28. The van der Waals surface area contributed by atoms with Gasteiger partial charge in [0.15, 0.2) is 0 Å². The molecule has 2 rings (SSSR count). The van der Waals surface area contributed by atoms with Crippen LogP contribution in [0.3, 0.4) is 0 Å². The minimum atomic E-state index is -0.845. The third kappa shape index (κ3) is 2.97. The van der Waals surface area contributed by atoms with Gasteiger partial charge in [0.05, 0.1) is 24.1 Å². The van der Waals surface area contributed by atoms with Crippen LogP contribution in [-0.4, -0.2) is 45.7 Å². The first-order chi connectivity index (χ1) is 9.52. The Kier molecular flexibility index (Phi) is 4.36. The van der Waals surface area contributed by atoms with Crippen LogP contribution in [0.25, 0.3) is 11.0 Å². The van der Waals surface area contributed by atoms with Crippen LogP contribution in [0.2, 0.25) is 0 Å². The van der Waals surface area contributed by atoms with E-state index < -0.39 is 5.97 Å². The van der Waals surface area contributed by atoms with Crippen molar-refractivity contribution in [2.75, 3.05) is 20.1 Å². The average molecular weight is 276 g/mol. The van der Waals surface area contributed by atoms with Crippen LogP contribution in [0.4, 0.5) is 0 Å². The molecular formula is C14H20N4O2. The van der Waals surface area contributed by atoms with Gasteiger partial charge in [-0.05, 0) is 26.1 Å². The summed E-state index contributed by atoms with van der Waals surface area (Å²) in [6.45, 7) is 3.01. The molecule has 1 heterocycles. The first kappa shape index (κ1) is 14.5. The number of rotatable bonds is 6. The fraction of sp³-hybridized carbons (Fsp3) is 0.429. The fourth-order valence-corrected chi connectivity index (χ4v) is 2.33. The van der Waals surface area contributed by atoms with Gasteiger partial charge in [-0.2, -0.15) is 0 Å². The summed E-state index contributed by atoms with van der Waals surface area (Å²) >= 11 is 0. The molecule has 0 saturated carbocycles. The predicted molar refractivity (Wildman–Crippen MR) is 77.5 cm³/mol. The highest BCUT2D eigenvalue weighted by Gasteiger charge is 2.16. The normalized spacial score (nSPS) is 13.0. The molecule has 6 heteroatoms. The third-order valence-corrected chi connectivity index (χ3v) is 3.27. The molecule has 1 aromatic heterocycles. The van der Waals surface area contributed by atoms with E-state index in [0.29, 0.717) is 13.1 Å². The minimum absolute atomic E-state index is 0.0137. The summed E-state index contributed by atoms with van der Waals surface area (Å²) in [5, 5.41) is 8.84. The molecule has 108 valence electrons. The minimum Gasteiger partial charge on any atom is -0.480 e. The van der Waals surface area contributed by atoms with Crippen LogP contribution >= 0.6 is 0 Å². The molecule has 0 saturated heterocycles. The van der Waals surface area contributed by atoms with E-state index in [9.17, 15) is 4.79 Å². The Bertz CT molecular complexity index is 608. The molecule has 0 fully saturated rings. The molecule has 0 amide bonds. The molecule has 1 aromatic carbocycles. The summed E-state index contributed by atoms with van der Waals surface area (Å²) in [5.74, 6) is -0.00469. The van der Waals surface area contributed by atoms with Gasteiger partial charge in [0.2, 0.25) is 0 Å². The summed E-state index contributed by atoms with van der Waals surface area (Å²) in [5.41, 5.74) is 7.72. The first-order valence-electron chi connectivity index (χ1n) is 6.59. The molecule has 3 N–H and O–H groups in total. The Balaban J connectivity index is 2.38. The highest BCUT2D eigenvalue weighted by molar-refractivity contribution is 5.76. The van der Waals surface area contributed by atoms with E-state index in [0.717, 1.165) is 16.9 Å². The second-order valence-electron chi connectivity index (χ2n) is 5.04. The summed E-state index contributed by atoms with van der Waals surface area (Å²) < 4.78 is 2.09. The van der Waals surface area contributed by atoms with Crippen molar-refractivity contribution in [3.8, 4) is 0 Å². The van der Waals surface area contributed by atoms with Crippen LogP contribution in [0.1, 0.15) is 18.8 Å². The van der Waals surface area contributed by atoms with Gasteiger partial charge in [0.25, 0.3) is 0 Å². The Hall–Kier alpha value is -1.92. The van der Waals surface area contributed by atoms with Gasteiger partial charge in [0, 0.05) is 12.6 Å². The second kappa shape index (κ2) is 6.02. The van der Waals surface area contributed by atoms with Crippen LogP contribution in [0, 0.1) is 0 Å². The number of carboxylic acids is 1. The lowest BCUT2D eigenvalue weighted by molar-refractivity contribution is -0.138. The number of aromatic nitrogens is 2. The lowest BCUT2D eigenvalue weighted by atomic mass is 10.2. The number of nitrogens with zero attached hydrogens (tertiary/aromatic N) is 3. The molecule has 0 radical (unpaired) electrons. The van der Waals surface area contributed by atoms with Crippen molar-refractivity contribution in [2.24, 2.45) is 5.73 Å². The van der Waals surface area contributed by atoms with Crippen molar-refractivity contribution >= 4 is 17.0 Å². The number of para-hydroxylation sites is 2. The predicted octanol–water partition coefficient (Wildman–Crippen LogP) is 1.07. The lowest BCUT2D eigenvalue weighted by Gasteiger charge is -2.19. The largest absolute Gasteiger partial charge is 0.480 e. The van der Waals surface area contributed by atoms with E-state index in [1.54, 1.807) is 11.9 Å². The monoisotopic (exact) mass is 276 g/mol. The Labute approximate surface area is 117 Å². The van der Waals surface area contributed by atoms with Gasteiger partial charge in [-0.15, -0.1) is 0 Å². The molecular weight excluding hydrogens is 256 g/mol. The third-order valence-electron chi connectivity index (χ3n) is 3.27. The number of hydrogen-bond donors (Lipinski definition) is 2. The maximum atomic E-state index is 10.8. The molecule has 0 aliphatic rings. The summed E-state index contributed by atoms with van der Waals surface area (Å²) in [6.07, 6.45) is 0. The van der Waals surface area contributed by atoms with E-state index in [-0.39, 0.29) is 12.6 Å². The van der Waals surface area contributed by atoms with Crippen molar-refractivity contribution in [1.82, 2.24) is 14.5 Å². The molecule has 0 bridgehead atoms. The van der Waals surface area contributed by atoms with E-state index in [4.69, 9.17) is 10.8 Å². The van der Waals surface area contributed by atoms with Crippen molar-refractivity contribution in [3.63, 3.8) is 0 Å². The average Bonchev–Trinajstić information content (AvgIpc) is 2.74. The number of aliphatic carboxylic acids is 1. The maximum absolute atomic E-state index is 10.8.